The van der Waals surface area contributed by atoms with Gasteiger partial charge in [0.15, 0.2) is 11.6 Å². The van der Waals surface area contributed by atoms with Gasteiger partial charge in [-0.3, -0.25) is 0 Å². The highest BCUT2D eigenvalue weighted by Crippen LogP contribution is 2.35. The highest BCUT2D eigenvalue weighted by molar-refractivity contribution is 5.37. The Balaban J connectivity index is 1.73. The van der Waals surface area contributed by atoms with Crippen molar-refractivity contribution in [1.29, 1.82) is 0 Å². The smallest absolute Gasteiger partial charge is 0.165 e. The molecule has 1 aromatic heterocycles. The Hall–Kier alpha value is -1.16. The summed E-state index contributed by atoms with van der Waals surface area (Å²) in [4.78, 5) is 3.98. The molecule has 2 bridgehead atoms. The van der Waals surface area contributed by atoms with Gasteiger partial charge >= 0.3 is 0 Å². The van der Waals surface area contributed by atoms with E-state index >= 15 is 0 Å². The number of fused-ring (bicyclic) bond motifs is 2. The fourth-order valence-corrected chi connectivity index (χ4v) is 2.46. The summed E-state index contributed by atoms with van der Waals surface area (Å²) in [7, 11) is 0. The van der Waals surface area contributed by atoms with Gasteiger partial charge in [0.1, 0.15) is 0 Å². The molecule has 2 aliphatic heterocycles. The van der Waals surface area contributed by atoms with Gasteiger partial charge in [0.25, 0.3) is 0 Å². The van der Waals surface area contributed by atoms with E-state index in [0.29, 0.717) is 11.9 Å². The third-order valence-electron chi connectivity index (χ3n) is 3.19. The van der Waals surface area contributed by atoms with Gasteiger partial charge in [-0.2, -0.15) is 0 Å². The summed E-state index contributed by atoms with van der Waals surface area (Å²) < 4.78 is 19.0. The Morgan fingerprint density at radius 3 is 3.07 bits per heavy atom. The molecule has 0 spiro atoms. The van der Waals surface area contributed by atoms with Crippen LogP contribution < -0.4 is 5.32 Å². The second kappa shape index (κ2) is 3.45. The molecule has 0 saturated carbocycles. The lowest BCUT2D eigenvalue weighted by atomic mass is 9.95. The molecule has 3 nitrogen and oxygen atoms in total. The van der Waals surface area contributed by atoms with E-state index in [1.54, 1.807) is 12.3 Å². The minimum Gasteiger partial charge on any atom is -0.373 e. The number of rotatable bonds is 2. The standard InChI is InChI=1S/C11H13FN2O/c12-8-2-1-5-13-11(8)14-9-6-7-3-4-10(9)15-7/h1-2,5,7,9-10H,3-4,6H2,(H,13,14). The molecule has 3 unspecified atom stereocenters. The van der Waals surface area contributed by atoms with Crippen LogP contribution in [0.4, 0.5) is 10.2 Å². The molecular weight excluding hydrogens is 195 g/mol. The average Bonchev–Trinajstić information content (AvgIpc) is 2.83. The first-order valence-corrected chi connectivity index (χ1v) is 5.35. The van der Waals surface area contributed by atoms with E-state index < -0.39 is 0 Å². The van der Waals surface area contributed by atoms with E-state index in [2.05, 4.69) is 10.3 Å². The maximum Gasteiger partial charge on any atom is 0.165 e. The van der Waals surface area contributed by atoms with Crippen LogP contribution in [0.1, 0.15) is 19.3 Å². The molecule has 4 heteroatoms. The molecule has 3 rings (SSSR count). The summed E-state index contributed by atoms with van der Waals surface area (Å²) in [6, 6.07) is 3.24. The van der Waals surface area contributed by atoms with E-state index in [1.165, 1.54) is 6.07 Å². The van der Waals surface area contributed by atoms with Crippen LogP contribution in [0.2, 0.25) is 0 Å². The molecule has 2 saturated heterocycles. The molecule has 3 atom stereocenters. The van der Waals surface area contributed by atoms with Crippen molar-refractivity contribution in [1.82, 2.24) is 4.98 Å². The van der Waals surface area contributed by atoms with E-state index in [-0.39, 0.29) is 18.0 Å². The molecule has 1 N–H and O–H groups in total. The van der Waals surface area contributed by atoms with E-state index in [4.69, 9.17) is 4.74 Å². The Kier molecular flexibility index (Phi) is 2.09. The average molecular weight is 208 g/mol. The fraction of sp³-hybridized carbons (Fsp3) is 0.545. The zero-order chi connectivity index (χ0) is 10.3. The Morgan fingerprint density at radius 1 is 1.47 bits per heavy atom. The van der Waals surface area contributed by atoms with Crippen LogP contribution in [0, 0.1) is 5.82 Å². The van der Waals surface area contributed by atoms with E-state index in [0.717, 1.165) is 19.3 Å². The van der Waals surface area contributed by atoms with Gasteiger partial charge < -0.3 is 10.1 Å². The van der Waals surface area contributed by atoms with Crippen molar-refractivity contribution in [2.24, 2.45) is 0 Å². The summed E-state index contributed by atoms with van der Waals surface area (Å²) in [5, 5.41) is 3.13. The number of nitrogens with zero attached hydrogens (tertiary/aromatic N) is 1. The van der Waals surface area contributed by atoms with Crippen molar-refractivity contribution in [2.75, 3.05) is 5.32 Å². The normalized spacial score (nSPS) is 33.3. The predicted molar refractivity (Wildman–Crippen MR) is 54.1 cm³/mol. The van der Waals surface area contributed by atoms with Crippen molar-refractivity contribution in [2.45, 2.75) is 37.5 Å². The minimum atomic E-state index is -0.291. The molecule has 0 amide bonds. The van der Waals surface area contributed by atoms with Crippen molar-refractivity contribution in [3.05, 3.63) is 24.1 Å². The predicted octanol–water partition coefficient (Wildman–Crippen LogP) is 1.95. The van der Waals surface area contributed by atoms with Gasteiger partial charge in [0.2, 0.25) is 0 Å². The fourth-order valence-electron chi connectivity index (χ4n) is 2.46. The lowest BCUT2D eigenvalue weighted by molar-refractivity contribution is 0.102. The number of anilines is 1. The number of ether oxygens (including phenoxy) is 1. The largest absolute Gasteiger partial charge is 0.373 e. The van der Waals surface area contributed by atoms with Crippen LogP contribution in [-0.4, -0.2) is 23.2 Å². The number of pyridine rings is 1. The summed E-state index contributed by atoms with van der Waals surface area (Å²) in [5.41, 5.74) is 0. The zero-order valence-corrected chi connectivity index (χ0v) is 8.32. The first-order valence-electron chi connectivity index (χ1n) is 5.35. The molecule has 3 heterocycles. The highest BCUT2D eigenvalue weighted by Gasteiger charge is 2.40. The first kappa shape index (κ1) is 9.09. The van der Waals surface area contributed by atoms with Crippen molar-refractivity contribution < 1.29 is 9.13 Å². The third-order valence-corrected chi connectivity index (χ3v) is 3.19. The molecule has 0 aliphatic carbocycles. The topological polar surface area (TPSA) is 34.2 Å². The molecule has 80 valence electrons. The van der Waals surface area contributed by atoms with Crippen LogP contribution >= 0.6 is 0 Å². The number of hydrogen-bond donors (Lipinski definition) is 1. The van der Waals surface area contributed by atoms with Crippen LogP contribution in [0.3, 0.4) is 0 Å². The van der Waals surface area contributed by atoms with Gasteiger partial charge in [-0.25, -0.2) is 9.37 Å². The molecule has 2 aliphatic rings. The van der Waals surface area contributed by atoms with E-state index in [1.807, 2.05) is 0 Å². The third kappa shape index (κ3) is 1.59. The maximum atomic E-state index is 13.3. The van der Waals surface area contributed by atoms with Gasteiger partial charge in [-0.15, -0.1) is 0 Å². The van der Waals surface area contributed by atoms with Crippen LogP contribution in [0.15, 0.2) is 18.3 Å². The Labute approximate surface area is 87.7 Å². The molecule has 15 heavy (non-hydrogen) atoms. The van der Waals surface area contributed by atoms with Crippen molar-refractivity contribution >= 4 is 5.82 Å². The number of hydrogen-bond acceptors (Lipinski definition) is 3. The molecular formula is C11H13FN2O. The van der Waals surface area contributed by atoms with E-state index in [9.17, 15) is 4.39 Å². The van der Waals surface area contributed by atoms with Crippen molar-refractivity contribution in [3.8, 4) is 0 Å². The second-order valence-electron chi connectivity index (χ2n) is 4.19. The number of halogens is 1. The van der Waals surface area contributed by atoms with Gasteiger partial charge in [-0.05, 0) is 31.4 Å². The van der Waals surface area contributed by atoms with Crippen LogP contribution in [-0.2, 0) is 4.74 Å². The molecule has 0 aromatic carbocycles. The summed E-state index contributed by atoms with van der Waals surface area (Å²) in [5.74, 6) is 0.0546. The SMILES string of the molecule is Fc1cccnc1NC1CC2CCC1O2. The van der Waals surface area contributed by atoms with Gasteiger partial charge in [-0.1, -0.05) is 0 Å². The van der Waals surface area contributed by atoms with Gasteiger partial charge in [0, 0.05) is 6.20 Å². The number of aromatic nitrogens is 1. The lowest BCUT2D eigenvalue weighted by Crippen LogP contribution is -2.31. The molecule has 1 aromatic rings. The van der Waals surface area contributed by atoms with Crippen LogP contribution in [0.25, 0.3) is 0 Å². The van der Waals surface area contributed by atoms with Crippen LogP contribution in [0.5, 0.6) is 0 Å². The van der Waals surface area contributed by atoms with Crippen molar-refractivity contribution in [3.63, 3.8) is 0 Å². The summed E-state index contributed by atoms with van der Waals surface area (Å²) in [6.45, 7) is 0. The molecule has 2 fully saturated rings. The monoisotopic (exact) mass is 208 g/mol. The zero-order valence-electron chi connectivity index (χ0n) is 8.32. The second-order valence-corrected chi connectivity index (χ2v) is 4.19. The highest BCUT2D eigenvalue weighted by atomic mass is 19.1. The van der Waals surface area contributed by atoms with Gasteiger partial charge in [0.05, 0.1) is 18.2 Å². The first-order chi connectivity index (χ1) is 7.33. The quantitative estimate of drug-likeness (QED) is 0.806. The summed E-state index contributed by atoms with van der Waals surface area (Å²) >= 11 is 0. The Bertz CT molecular complexity index is 371. The Morgan fingerprint density at radius 2 is 2.40 bits per heavy atom. The number of nitrogens with one attached hydrogen (secondary N) is 1. The summed E-state index contributed by atoms with van der Waals surface area (Å²) in [6.07, 6.45) is 5.42. The lowest BCUT2D eigenvalue weighted by Gasteiger charge is -2.20. The minimum absolute atomic E-state index is 0.230. The maximum absolute atomic E-state index is 13.3. The molecule has 0 radical (unpaired) electrons.